The number of rotatable bonds is 102. The summed E-state index contributed by atoms with van der Waals surface area (Å²) < 4.78 is 173. The van der Waals surface area contributed by atoms with Crippen LogP contribution >= 0.6 is 0 Å². The molecule has 6 N–H and O–H groups in total. The van der Waals surface area contributed by atoms with Gasteiger partial charge < -0.3 is 174 Å². The number of nitrogens with one attached hydrogen (secondary N) is 4. The highest BCUT2D eigenvalue weighted by molar-refractivity contribution is 5.77. The summed E-state index contributed by atoms with van der Waals surface area (Å²) in [6.45, 7) is 22.8. The van der Waals surface area contributed by atoms with Crippen molar-refractivity contribution in [2.45, 2.75) is 31.2 Å². The van der Waals surface area contributed by atoms with E-state index in [9.17, 15) is 19.2 Å². The average molecular weight is 1680 g/mol. The topological polar surface area (TPSA) is 429 Å². The van der Waals surface area contributed by atoms with Gasteiger partial charge in [-0.05, 0) is 0 Å². The molecule has 0 aromatic rings. The number of nitrogens with two attached hydrogens (primary N) is 1. The van der Waals surface area contributed by atoms with Crippen molar-refractivity contribution < 1.29 is 166 Å². The van der Waals surface area contributed by atoms with Crippen LogP contribution in [0, 0.1) is 0 Å². The van der Waals surface area contributed by atoms with Crippen molar-refractivity contribution >= 4 is 23.6 Å². The van der Waals surface area contributed by atoms with E-state index in [0.29, 0.717) is 363 Å². The van der Waals surface area contributed by atoms with Gasteiger partial charge in [-0.25, -0.2) is 0 Å². The van der Waals surface area contributed by atoms with Crippen molar-refractivity contribution in [3.63, 3.8) is 0 Å². The molecule has 4 amide bonds. The number of carbonyl (C=O) groups is 4. The first-order valence-corrected chi connectivity index (χ1v) is 40.3. The number of ether oxygens (including phenoxy) is 31. The third-order valence-electron chi connectivity index (χ3n) is 14.5. The molecule has 684 valence electrons. The lowest BCUT2D eigenvalue weighted by Crippen LogP contribution is -2.59. The largest absolute Gasteiger partial charge is 0.384 e. The maximum absolute atomic E-state index is 13.7. The minimum atomic E-state index is -1.15. The summed E-state index contributed by atoms with van der Waals surface area (Å²) in [5.74, 6) is -0.524. The first kappa shape index (κ1) is 112. The summed E-state index contributed by atoms with van der Waals surface area (Å²) in [7, 11) is 4.66. The molecule has 0 rings (SSSR count). The normalized spacial score (nSPS) is 11.7. The molecule has 0 atom stereocenters. The molecule has 0 aromatic heterocycles. The van der Waals surface area contributed by atoms with Crippen molar-refractivity contribution in [1.82, 2.24) is 21.3 Å². The molecule has 40 nitrogen and oxygen atoms in total. The Kier molecular flexibility index (Phi) is 94.8. The monoisotopic (exact) mass is 1680 g/mol. The predicted octanol–water partition coefficient (Wildman–Crippen LogP) is -1.89. The molecule has 0 spiro atoms. The highest BCUT2D eigenvalue weighted by Gasteiger charge is 2.34. The van der Waals surface area contributed by atoms with Gasteiger partial charge in [0.25, 0.3) is 0 Å². The van der Waals surface area contributed by atoms with Gasteiger partial charge in [0.1, 0.15) is 5.54 Å². The Hall–Kier alpha value is -3.40. The van der Waals surface area contributed by atoms with Crippen molar-refractivity contribution in [3.8, 4) is 0 Å². The summed E-state index contributed by atoms with van der Waals surface area (Å²) in [6.07, 6.45) is 1.01. The SMILES string of the molecule is COCCC(=O)NCCOCCOCCOCCOCCOCCOCCOCCOCC(COCCOCCOCCOCCOCCOCCOCCOCCNC(=O)CCOC)(COCCOCCOCCOCCOCCOCCOCCOCCNC(=O)CCOC)NC(=O)CCOCCOCCOCCOCCN. The molecule has 0 aliphatic heterocycles. The Bertz CT molecular complexity index is 1800. The van der Waals surface area contributed by atoms with E-state index in [-0.39, 0.29) is 103 Å². The number of carbonyl (C=O) groups excluding carboxylic acids is 4. The van der Waals surface area contributed by atoms with Crippen LogP contribution in [0.1, 0.15) is 25.7 Å². The summed E-state index contributed by atoms with van der Waals surface area (Å²) in [4.78, 5) is 48.4. The van der Waals surface area contributed by atoms with Crippen molar-refractivity contribution in [1.29, 1.82) is 0 Å². The Morgan fingerprint density at radius 1 is 0.191 bits per heavy atom. The van der Waals surface area contributed by atoms with Crippen LogP contribution in [0.15, 0.2) is 0 Å². The molecule has 40 heteroatoms. The van der Waals surface area contributed by atoms with E-state index in [1.165, 1.54) is 0 Å². The fraction of sp³-hybridized carbons (Fsp3) is 0.947. The highest BCUT2D eigenvalue weighted by atomic mass is 16.6. The molecule has 0 aromatic carbocycles. The molecule has 0 saturated heterocycles. The van der Waals surface area contributed by atoms with Gasteiger partial charge in [0.15, 0.2) is 0 Å². The molecule has 0 radical (unpaired) electrons. The molecule has 0 aliphatic rings. The van der Waals surface area contributed by atoms with Crippen LogP contribution in [0.25, 0.3) is 0 Å². The van der Waals surface area contributed by atoms with E-state index in [1.807, 2.05) is 0 Å². The molecule has 0 heterocycles. The van der Waals surface area contributed by atoms with Crippen LogP contribution in [0.2, 0.25) is 0 Å². The van der Waals surface area contributed by atoms with Crippen molar-refractivity contribution in [3.05, 3.63) is 0 Å². The van der Waals surface area contributed by atoms with Crippen LogP contribution in [-0.4, -0.2) is 466 Å². The van der Waals surface area contributed by atoms with E-state index < -0.39 is 5.54 Å². The zero-order valence-corrected chi connectivity index (χ0v) is 69.7. The van der Waals surface area contributed by atoms with Crippen molar-refractivity contribution in [2.24, 2.45) is 5.73 Å². The van der Waals surface area contributed by atoms with E-state index in [1.54, 1.807) is 21.3 Å². The van der Waals surface area contributed by atoms with Gasteiger partial charge in [-0.1, -0.05) is 0 Å². The first-order valence-electron chi connectivity index (χ1n) is 40.3. The first-order chi connectivity index (χ1) is 56.8. The zero-order valence-electron chi connectivity index (χ0n) is 69.7. The Balaban J connectivity index is 4.98. The van der Waals surface area contributed by atoms with E-state index in [2.05, 4.69) is 21.3 Å². The quantitative estimate of drug-likeness (QED) is 0.0416. The zero-order chi connectivity index (χ0) is 82.9. The second-order valence-electron chi connectivity index (χ2n) is 24.1. The van der Waals surface area contributed by atoms with Crippen LogP contribution in [-0.2, 0) is 166 Å². The minimum Gasteiger partial charge on any atom is -0.384 e. The highest BCUT2D eigenvalue weighted by Crippen LogP contribution is 2.11. The Morgan fingerprint density at radius 2 is 0.339 bits per heavy atom. The van der Waals surface area contributed by atoms with Gasteiger partial charge >= 0.3 is 0 Å². The third kappa shape index (κ3) is 92.7. The standard InChI is InChI=1S/C75H149N5O35/c1-85-12-4-71(81)77-9-17-90-22-27-95-32-35-98-38-41-101-44-47-104-50-53-107-56-59-110-62-65-113-68-75(80-74(84)7-15-88-20-25-93-30-31-94-26-21-89-16-8-76,69-114-66-63-111-60-57-108-54-51-105-48-45-102-42-39-99-36-33-96-28-23-91-18-10-78-72(82)5-13-86-2)70-115-67-64-112-61-58-109-55-52-106-49-46-103-43-40-100-37-34-97-29-24-92-19-11-79-73(83)6-14-87-3/h4-70,76H2,1-3H3,(H,77,81)(H,78,82)(H,79,83)(H,80,84). The molecular weight excluding hydrogens is 1530 g/mol. The molecule has 0 saturated carbocycles. The lowest BCUT2D eigenvalue weighted by atomic mass is 10.0. The van der Waals surface area contributed by atoms with E-state index in [4.69, 9.17) is 153 Å². The van der Waals surface area contributed by atoms with Crippen LogP contribution in [0.3, 0.4) is 0 Å². The molecule has 0 bridgehead atoms. The van der Waals surface area contributed by atoms with Crippen LogP contribution in [0.4, 0.5) is 0 Å². The van der Waals surface area contributed by atoms with Gasteiger partial charge in [0, 0.05) is 73.2 Å². The van der Waals surface area contributed by atoms with Gasteiger partial charge in [-0.2, -0.15) is 0 Å². The van der Waals surface area contributed by atoms with E-state index in [0.717, 1.165) is 0 Å². The Labute approximate surface area is 682 Å². The maximum Gasteiger partial charge on any atom is 0.222 e. The smallest absolute Gasteiger partial charge is 0.222 e. The molecule has 0 unspecified atom stereocenters. The maximum atomic E-state index is 13.7. The average Bonchev–Trinajstić information content (AvgIpc) is 0.856. The molecular formula is C75H149N5O35. The number of methoxy groups -OCH3 is 3. The molecule has 115 heavy (non-hydrogen) atoms. The fourth-order valence-corrected chi connectivity index (χ4v) is 8.66. The Morgan fingerprint density at radius 3 is 0.513 bits per heavy atom. The van der Waals surface area contributed by atoms with Gasteiger partial charge in [-0.3, -0.25) is 19.2 Å². The summed E-state index contributed by atoms with van der Waals surface area (Å²) in [5, 5.41) is 11.4. The van der Waals surface area contributed by atoms with Gasteiger partial charge in [-0.15, -0.1) is 0 Å². The summed E-state index contributed by atoms with van der Waals surface area (Å²) in [5.41, 5.74) is 4.30. The van der Waals surface area contributed by atoms with Crippen molar-refractivity contribution in [2.75, 3.05) is 437 Å². The lowest BCUT2D eigenvalue weighted by molar-refractivity contribution is -0.130. The lowest BCUT2D eigenvalue weighted by Gasteiger charge is -2.34. The fourth-order valence-electron chi connectivity index (χ4n) is 8.66. The van der Waals surface area contributed by atoms with Crippen LogP contribution < -0.4 is 27.0 Å². The second-order valence-corrected chi connectivity index (χ2v) is 24.1. The summed E-state index contributed by atoms with van der Waals surface area (Å²) >= 11 is 0. The molecule has 0 aliphatic carbocycles. The van der Waals surface area contributed by atoms with Gasteiger partial charge in [0.2, 0.25) is 23.6 Å². The van der Waals surface area contributed by atoms with E-state index >= 15 is 0 Å². The minimum absolute atomic E-state index is 0.0118. The third-order valence-corrected chi connectivity index (χ3v) is 14.5. The van der Waals surface area contributed by atoms with Gasteiger partial charge in [0.05, 0.1) is 390 Å². The number of hydrogen-bond acceptors (Lipinski definition) is 36. The summed E-state index contributed by atoms with van der Waals surface area (Å²) in [6, 6.07) is 0. The van der Waals surface area contributed by atoms with Crippen LogP contribution in [0.5, 0.6) is 0 Å². The number of hydrogen-bond donors (Lipinski definition) is 5. The second kappa shape index (κ2) is 97.7. The predicted molar refractivity (Wildman–Crippen MR) is 416 cm³/mol. The molecule has 0 fully saturated rings. The number of amides is 4.